The molecule has 1 heterocycles. The summed E-state index contributed by atoms with van der Waals surface area (Å²) >= 11 is 15.7. The lowest BCUT2D eigenvalue weighted by Crippen LogP contribution is -2.03. The van der Waals surface area contributed by atoms with Crippen molar-refractivity contribution in [3.63, 3.8) is 0 Å². The molecule has 2 nitrogen and oxygen atoms in total. The molecule has 0 N–H and O–H groups in total. The fraction of sp³-hybridized carbons (Fsp3) is 0.133. The van der Waals surface area contributed by atoms with E-state index in [1.165, 1.54) is 0 Å². The quantitative estimate of drug-likeness (QED) is 0.578. The highest BCUT2D eigenvalue weighted by Gasteiger charge is 2.14. The van der Waals surface area contributed by atoms with Gasteiger partial charge in [0.25, 0.3) is 0 Å². The zero-order valence-electron chi connectivity index (χ0n) is 10.5. The molecule has 1 aromatic heterocycles. The van der Waals surface area contributed by atoms with Crippen molar-refractivity contribution in [2.75, 3.05) is 5.88 Å². The summed E-state index contributed by atoms with van der Waals surface area (Å²) < 4.78 is 3.05. The third-order valence-electron chi connectivity index (χ3n) is 3.10. The van der Waals surface area contributed by atoms with Crippen molar-refractivity contribution in [3.8, 4) is 5.69 Å². The van der Waals surface area contributed by atoms with Gasteiger partial charge in [0.15, 0.2) is 0 Å². The fourth-order valence-corrected chi connectivity index (χ4v) is 2.97. The van der Waals surface area contributed by atoms with E-state index < -0.39 is 0 Å². The summed E-state index contributed by atoms with van der Waals surface area (Å²) in [6.07, 6.45) is 0.694. The monoisotopic (exact) mass is 368 g/mol. The van der Waals surface area contributed by atoms with Crippen LogP contribution in [0.2, 0.25) is 5.02 Å². The van der Waals surface area contributed by atoms with Crippen LogP contribution in [0.5, 0.6) is 0 Å². The minimum Gasteiger partial charge on any atom is -0.295 e. The first-order chi connectivity index (χ1) is 9.70. The second-order valence-corrected chi connectivity index (χ2v) is 6.09. The van der Waals surface area contributed by atoms with E-state index in [1.807, 2.05) is 42.5 Å². The van der Waals surface area contributed by atoms with Gasteiger partial charge in [0.2, 0.25) is 0 Å². The van der Waals surface area contributed by atoms with Gasteiger partial charge in [0.1, 0.15) is 5.82 Å². The van der Waals surface area contributed by atoms with Gasteiger partial charge in [0, 0.05) is 16.8 Å². The summed E-state index contributed by atoms with van der Waals surface area (Å²) in [5.74, 6) is 1.44. The molecule has 0 bridgehead atoms. The molecular formula is C15H11BrCl2N2. The van der Waals surface area contributed by atoms with Gasteiger partial charge in [-0.05, 0) is 30.3 Å². The van der Waals surface area contributed by atoms with Crippen molar-refractivity contribution in [1.82, 2.24) is 9.55 Å². The minimum atomic E-state index is 0.523. The predicted molar refractivity (Wildman–Crippen MR) is 88.2 cm³/mol. The Morgan fingerprint density at radius 3 is 2.75 bits per heavy atom. The highest BCUT2D eigenvalue weighted by Crippen LogP contribution is 2.29. The molecule has 0 aliphatic heterocycles. The highest BCUT2D eigenvalue weighted by molar-refractivity contribution is 9.10. The molecular weight excluding hydrogens is 359 g/mol. The molecule has 0 aliphatic rings. The van der Waals surface area contributed by atoms with Crippen LogP contribution >= 0.6 is 39.1 Å². The number of hydrogen-bond acceptors (Lipinski definition) is 1. The Kier molecular flexibility index (Phi) is 4.01. The molecule has 5 heteroatoms. The van der Waals surface area contributed by atoms with Crippen LogP contribution in [0.25, 0.3) is 16.7 Å². The maximum Gasteiger partial charge on any atom is 0.115 e. The third kappa shape index (κ3) is 2.46. The van der Waals surface area contributed by atoms with Gasteiger partial charge in [-0.1, -0.05) is 39.7 Å². The molecule has 0 fully saturated rings. The fourth-order valence-electron chi connectivity index (χ4n) is 2.25. The van der Waals surface area contributed by atoms with Gasteiger partial charge in [-0.3, -0.25) is 4.57 Å². The number of nitrogens with zero attached hydrogens (tertiary/aromatic N) is 2. The molecule has 0 radical (unpaired) electrons. The smallest absolute Gasteiger partial charge is 0.115 e. The average Bonchev–Trinajstić information content (AvgIpc) is 2.80. The molecule has 0 unspecified atom stereocenters. The summed E-state index contributed by atoms with van der Waals surface area (Å²) in [6, 6.07) is 13.8. The second-order valence-electron chi connectivity index (χ2n) is 4.39. The number of fused-ring (bicyclic) bond motifs is 1. The van der Waals surface area contributed by atoms with E-state index in [9.17, 15) is 0 Å². The first-order valence-corrected chi connectivity index (χ1v) is 7.89. The second kappa shape index (κ2) is 5.76. The van der Waals surface area contributed by atoms with Crippen LogP contribution in [0.4, 0.5) is 0 Å². The maximum absolute atomic E-state index is 6.36. The van der Waals surface area contributed by atoms with Gasteiger partial charge >= 0.3 is 0 Å². The topological polar surface area (TPSA) is 17.8 Å². The Bertz CT molecular complexity index is 768. The van der Waals surface area contributed by atoms with Crippen LogP contribution in [-0.4, -0.2) is 15.4 Å². The molecule has 0 saturated carbocycles. The lowest BCUT2D eigenvalue weighted by Gasteiger charge is -2.11. The van der Waals surface area contributed by atoms with Gasteiger partial charge in [-0.2, -0.15) is 0 Å². The number of hydrogen-bond donors (Lipinski definition) is 0. The highest BCUT2D eigenvalue weighted by atomic mass is 79.9. The lowest BCUT2D eigenvalue weighted by atomic mass is 10.2. The number of para-hydroxylation sites is 2. The minimum absolute atomic E-state index is 0.523. The van der Waals surface area contributed by atoms with E-state index in [-0.39, 0.29) is 0 Å². The van der Waals surface area contributed by atoms with E-state index in [0.29, 0.717) is 17.3 Å². The number of aryl methyl sites for hydroxylation is 1. The first-order valence-electron chi connectivity index (χ1n) is 6.18. The average molecular weight is 370 g/mol. The molecule has 0 saturated heterocycles. The van der Waals surface area contributed by atoms with Crippen LogP contribution in [0.1, 0.15) is 5.82 Å². The van der Waals surface area contributed by atoms with Crippen LogP contribution in [0.3, 0.4) is 0 Å². The summed E-state index contributed by atoms with van der Waals surface area (Å²) in [6.45, 7) is 0. The third-order valence-corrected chi connectivity index (χ3v) is 4.10. The number of halogens is 3. The van der Waals surface area contributed by atoms with Crippen molar-refractivity contribution in [2.24, 2.45) is 0 Å². The Morgan fingerprint density at radius 2 is 1.95 bits per heavy atom. The Morgan fingerprint density at radius 1 is 1.15 bits per heavy atom. The van der Waals surface area contributed by atoms with Crippen LogP contribution < -0.4 is 0 Å². The molecule has 0 aliphatic carbocycles. The van der Waals surface area contributed by atoms with Crippen molar-refractivity contribution in [3.05, 3.63) is 57.8 Å². The number of benzene rings is 2. The number of alkyl halides is 1. The maximum atomic E-state index is 6.36. The molecule has 20 heavy (non-hydrogen) atoms. The molecule has 2 aromatic carbocycles. The van der Waals surface area contributed by atoms with Crippen LogP contribution in [-0.2, 0) is 6.42 Å². The largest absolute Gasteiger partial charge is 0.295 e. The van der Waals surface area contributed by atoms with E-state index >= 15 is 0 Å². The van der Waals surface area contributed by atoms with Gasteiger partial charge < -0.3 is 0 Å². The molecule has 102 valence electrons. The molecule has 3 aromatic rings. The van der Waals surface area contributed by atoms with Crippen molar-refractivity contribution >= 4 is 50.2 Å². The van der Waals surface area contributed by atoms with Gasteiger partial charge in [-0.15, -0.1) is 11.6 Å². The van der Waals surface area contributed by atoms with Gasteiger partial charge in [-0.25, -0.2) is 4.98 Å². The van der Waals surface area contributed by atoms with Gasteiger partial charge in [0.05, 0.1) is 21.7 Å². The lowest BCUT2D eigenvalue weighted by molar-refractivity contribution is 0.912. The van der Waals surface area contributed by atoms with E-state index in [1.54, 1.807) is 0 Å². The van der Waals surface area contributed by atoms with Crippen LogP contribution in [0.15, 0.2) is 46.9 Å². The van der Waals surface area contributed by atoms with Crippen molar-refractivity contribution in [1.29, 1.82) is 0 Å². The number of imidazole rings is 1. The number of aromatic nitrogens is 2. The molecule has 0 spiro atoms. The zero-order chi connectivity index (χ0) is 14.1. The Balaban J connectivity index is 2.33. The molecule has 0 amide bonds. The normalized spacial score (nSPS) is 11.2. The zero-order valence-corrected chi connectivity index (χ0v) is 13.6. The van der Waals surface area contributed by atoms with Crippen molar-refractivity contribution < 1.29 is 0 Å². The standard InChI is InChI=1S/C15H11BrCl2N2/c16-10-5-6-11(18)14(9-10)20-13-4-2-1-3-12(13)19-15(20)7-8-17/h1-6,9H,7-8H2. The van der Waals surface area contributed by atoms with Crippen molar-refractivity contribution in [2.45, 2.75) is 6.42 Å². The Labute approximate surface area is 135 Å². The molecule has 3 rings (SSSR count). The van der Waals surface area contributed by atoms with E-state index in [0.717, 1.165) is 27.0 Å². The van der Waals surface area contributed by atoms with E-state index in [4.69, 9.17) is 23.2 Å². The van der Waals surface area contributed by atoms with Crippen LogP contribution in [0, 0.1) is 0 Å². The predicted octanol–water partition coefficient (Wildman–Crippen LogP) is 5.22. The summed E-state index contributed by atoms with van der Waals surface area (Å²) in [4.78, 5) is 4.65. The summed E-state index contributed by atoms with van der Waals surface area (Å²) in [5, 5.41) is 0.687. The summed E-state index contributed by atoms with van der Waals surface area (Å²) in [5.41, 5.74) is 2.89. The first kappa shape index (κ1) is 13.9. The Hall–Kier alpha value is -1.03. The molecule has 0 atom stereocenters. The number of rotatable bonds is 3. The van der Waals surface area contributed by atoms with E-state index in [2.05, 4.69) is 25.5 Å². The summed E-state index contributed by atoms with van der Waals surface area (Å²) in [7, 11) is 0. The SMILES string of the molecule is ClCCc1nc2ccccc2n1-c1cc(Br)ccc1Cl.